The van der Waals surface area contributed by atoms with Crippen LogP contribution in [0, 0.1) is 5.92 Å². The third kappa shape index (κ3) is 15.4. The summed E-state index contributed by atoms with van der Waals surface area (Å²) < 4.78 is 0. The fourth-order valence-electron chi connectivity index (χ4n) is 5.33. The predicted octanol–water partition coefficient (Wildman–Crippen LogP) is -4.14. The average Bonchev–Trinajstić information content (AvgIpc) is 3.53. The van der Waals surface area contributed by atoms with Gasteiger partial charge < -0.3 is 64.3 Å². The van der Waals surface area contributed by atoms with Crippen LogP contribution in [0.25, 0.3) is 10.9 Å². The van der Waals surface area contributed by atoms with Gasteiger partial charge in [0.2, 0.25) is 47.3 Å². The van der Waals surface area contributed by atoms with Crippen LogP contribution in [0.15, 0.2) is 30.5 Å². The number of rotatable bonds is 24. The van der Waals surface area contributed by atoms with Crippen molar-refractivity contribution >= 4 is 64.1 Å². The largest absolute Gasteiger partial charge is 0.480 e. The number of carbonyl (C=O) groups is 9. The van der Waals surface area contributed by atoms with Crippen LogP contribution in [0.5, 0.6) is 0 Å². The minimum Gasteiger partial charge on any atom is -0.480 e. The Morgan fingerprint density at radius 1 is 0.709 bits per heavy atom. The second-order valence-corrected chi connectivity index (χ2v) is 13.1. The molecule has 2 aromatic rings. The van der Waals surface area contributed by atoms with Gasteiger partial charge in [-0.15, -0.1) is 0 Å². The molecule has 21 heteroatoms. The second-order valence-electron chi connectivity index (χ2n) is 13.1. The van der Waals surface area contributed by atoms with Crippen LogP contribution in [0.3, 0.4) is 0 Å². The number of H-pyrrole nitrogens is 1. The Morgan fingerprint density at radius 3 is 1.84 bits per heavy atom. The number of aromatic nitrogens is 1. The smallest absolute Gasteiger partial charge is 0.326 e. The quantitative estimate of drug-likeness (QED) is 0.0484. The van der Waals surface area contributed by atoms with E-state index in [0.717, 1.165) is 0 Å². The predicted molar refractivity (Wildman–Crippen MR) is 195 cm³/mol. The highest BCUT2D eigenvalue weighted by Gasteiger charge is 2.32. The number of primary amides is 2. The molecule has 8 amide bonds. The minimum atomic E-state index is -1.70. The number of benzene rings is 1. The summed E-state index contributed by atoms with van der Waals surface area (Å²) in [5.74, 6) is -8.39. The maximum atomic E-state index is 13.5. The van der Waals surface area contributed by atoms with Gasteiger partial charge in [0, 0.05) is 36.4 Å². The molecule has 15 N–H and O–H groups in total. The van der Waals surface area contributed by atoms with Gasteiger partial charge in [0.25, 0.3) is 0 Å². The number of hydrogen-bond acceptors (Lipinski definition) is 11. The van der Waals surface area contributed by atoms with E-state index in [1.165, 1.54) is 0 Å². The summed E-state index contributed by atoms with van der Waals surface area (Å²) >= 11 is 0. The molecule has 0 unspecified atom stereocenters. The van der Waals surface area contributed by atoms with E-state index in [4.69, 9.17) is 17.2 Å². The molecule has 5 atom stereocenters. The molecule has 302 valence electrons. The average molecular weight is 775 g/mol. The van der Waals surface area contributed by atoms with Crippen molar-refractivity contribution < 1.29 is 53.4 Å². The molecule has 0 aliphatic carbocycles. The van der Waals surface area contributed by atoms with Gasteiger partial charge >= 0.3 is 5.97 Å². The highest BCUT2D eigenvalue weighted by atomic mass is 16.4. The van der Waals surface area contributed by atoms with E-state index >= 15 is 0 Å². The van der Waals surface area contributed by atoms with Gasteiger partial charge in [-0.1, -0.05) is 32.0 Å². The highest BCUT2D eigenvalue weighted by molar-refractivity contribution is 5.97. The van der Waals surface area contributed by atoms with E-state index in [9.17, 15) is 53.4 Å². The molecule has 0 saturated heterocycles. The first-order valence-electron chi connectivity index (χ1n) is 17.4. The molecule has 0 radical (unpaired) electrons. The molecule has 1 aromatic heterocycles. The van der Waals surface area contributed by atoms with E-state index in [0.29, 0.717) is 16.5 Å². The Morgan fingerprint density at radius 2 is 1.25 bits per heavy atom. The molecule has 0 fully saturated rings. The topological polar surface area (TPSA) is 360 Å². The van der Waals surface area contributed by atoms with E-state index in [1.54, 1.807) is 44.3 Å². The van der Waals surface area contributed by atoms with Crippen LogP contribution in [-0.2, 0) is 49.6 Å². The Bertz CT molecular complexity index is 1710. The van der Waals surface area contributed by atoms with Crippen molar-refractivity contribution in [2.45, 2.75) is 82.6 Å². The number of fused-ring (bicyclic) bond motifs is 1. The number of aliphatic hydroxyl groups is 1. The molecule has 0 aliphatic heterocycles. The number of carboxylic acid groups (broad SMARTS) is 1. The number of nitrogens with two attached hydrogens (primary N) is 3. The summed E-state index contributed by atoms with van der Waals surface area (Å²) in [7, 11) is 0. The zero-order valence-corrected chi connectivity index (χ0v) is 30.5. The maximum Gasteiger partial charge on any atom is 0.326 e. The third-order valence-electron chi connectivity index (χ3n) is 8.14. The number of aliphatic carboxylic acids is 1. The Hall–Kier alpha value is -6.09. The lowest BCUT2D eigenvalue weighted by Gasteiger charge is -2.26. The Labute approximate surface area is 315 Å². The SMILES string of the molecule is CC(C)C[C@H](NC(=O)CN)C(=O)N[C@@H](CCC(N)=O)C(=O)N[C@@H](CO)C(=O)N[C@@H](Cc1c[nH]c2ccccc12)C(=O)NCC(=O)N[C@@H](CCC(N)=O)C(=O)O. The van der Waals surface area contributed by atoms with E-state index < -0.39 is 103 Å². The van der Waals surface area contributed by atoms with E-state index in [1.807, 2.05) is 0 Å². The van der Waals surface area contributed by atoms with Crippen molar-refractivity contribution in [3.8, 4) is 0 Å². The molecule has 1 heterocycles. The summed E-state index contributed by atoms with van der Waals surface area (Å²) in [6.07, 6.45) is 0.306. The summed E-state index contributed by atoms with van der Waals surface area (Å²) in [6, 6.07) is -0.123. The van der Waals surface area contributed by atoms with E-state index in [2.05, 4.69) is 36.9 Å². The number of hydrogen-bond donors (Lipinski definition) is 12. The minimum absolute atomic E-state index is 0.0760. The van der Waals surface area contributed by atoms with Crippen molar-refractivity contribution in [2.75, 3.05) is 19.7 Å². The molecule has 55 heavy (non-hydrogen) atoms. The molecular weight excluding hydrogens is 724 g/mol. The van der Waals surface area contributed by atoms with Gasteiger partial charge in [0.05, 0.1) is 19.7 Å². The number of carbonyl (C=O) groups excluding carboxylic acids is 8. The Balaban J connectivity index is 2.28. The highest BCUT2D eigenvalue weighted by Crippen LogP contribution is 2.19. The lowest BCUT2D eigenvalue weighted by atomic mass is 10.0. The zero-order valence-electron chi connectivity index (χ0n) is 30.5. The summed E-state index contributed by atoms with van der Waals surface area (Å²) in [4.78, 5) is 115. The molecule has 0 spiro atoms. The zero-order chi connectivity index (χ0) is 41.2. The number of aliphatic hydroxyl groups excluding tert-OH is 1. The first-order valence-corrected chi connectivity index (χ1v) is 17.4. The fraction of sp³-hybridized carbons (Fsp3) is 0.500. The van der Waals surface area contributed by atoms with Crippen LogP contribution in [0.2, 0.25) is 0 Å². The molecule has 0 saturated carbocycles. The van der Waals surface area contributed by atoms with Crippen molar-refractivity contribution in [1.82, 2.24) is 36.9 Å². The van der Waals surface area contributed by atoms with Gasteiger partial charge in [-0.3, -0.25) is 38.4 Å². The molecular formula is C34H50N10O11. The molecule has 2 rings (SSSR count). The van der Waals surface area contributed by atoms with Gasteiger partial charge in [0.15, 0.2) is 0 Å². The summed E-state index contributed by atoms with van der Waals surface area (Å²) in [5, 5.41) is 34.4. The molecule has 1 aromatic carbocycles. The maximum absolute atomic E-state index is 13.5. The van der Waals surface area contributed by atoms with Crippen LogP contribution >= 0.6 is 0 Å². The Kier molecular flexibility index (Phi) is 18.2. The monoisotopic (exact) mass is 774 g/mol. The first-order chi connectivity index (χ1) is 25.9. The van der Waals surface area contributed by atoms with Gasteiger partial charge in [-0.05, 0) is 36.8 Å². The van der Waals surface area contributed by atoms with Gasteiger partial charge in [-0.2, -0.15) is 0 Å². The number of carboxylic acids is 1. The molecule has 0 aliphatic rings. The van der Waals surface area contributed by atoms with Crippen molar-refractivity contribution in [3.05, 3.63) is 36.0 Å². The number of nitrogens with one attached hydrogen (secondary N) is 7. The lowest BCUT2D eigenvalue weighted by Crippen LogP contribution is -2.60. The number of aromatic amines is 1. The lowest BCUT2D eigenvalue weighted by molar-refractivity contribution is -0.142. The van der Waals surface area contributed by atoms with Crippen molar-refractivity contribution in [1.29, 1.82) is 0 Å². The van der Waals surface area contributed by atoms with Crippen molar-refractivity contribution in [3.63, 3.8) is 0 Å². The molecule has 21 nitrogen and oxygen atoms in total. The number of amides is 8. The summed E-state index contributed by atoms with van der Waals surface area (Å²) in [5.41, 5.74) is 17.0. The van der Waals surface area contributed by atoms with Crippen LogP contribution in [0.1, 0.15) is 51.5 Å². The van der Waals surface area contributed by atoms with Gasteiger partial charge in [0.1, 0.15) is 30.2 Å². The third-order valence-corrected chi connectivity index (χ3v) is 8.14. The first kappa shape index (κ1) is 45.1. The van der Waals surface area contributed by atoms with Crippen LogP contribution < -0.4 is 49.1 Å². The van der Waals surface area contributed by atoms with Crippen LogP contribution in [0.4, 0.5) is 0 Å². The summed E-state index contributed by atoms with van der Waals surface area (Å²) in [6.45, 7) is 1.46. The van der Waals surface area contributed by atoms with E-state index in [-0.39, 0.29) is 44.4 Å². The van der Waals surface area contributed by atoms with Gasteiger partial charge in [-0.25, -0.2) is 4.79 Å². The standard InChI is InChI=1S/C34H50N10O11/c1-17(2)11-23(41-28(48)13-35)32(52)42-21(7-9-26(36)46)31(51)44-25(16-45)33(53)43-24(12-18-14-38-20-6-4-3-5-19(18)20)30(50)39-15-29(49)40-22(34(54)55)8-10-27(37)47/h3-6,14,17,21-25,38,45H,7-13,15-16,35H2,1-2H3,(H2,36,46)(H2,37,47)(H,39,50)(H,40,49)(H,41,48)(H,42,52)(H,43,53)(H,44,51)(H,54,55)/t21-,22-,23-,24-,25-/m0/s1. The second kappa shape index (κ2) is 22.2. The number of para-hydroxylation sites is 1. The fourth-order valence-corrected chi connectivity index (χ4v) is 5.33. The normalized spacial score (nSPS) is 13.7. The molecule has 0 bridgehead atoms. The van der Waals surface area contributed by atoms with Crippen molar-refractivity contribution in [2.24, 2.45) is 23.1 Å². The van der Waals surface area contributed by atoms with Crippen LogP contribution in [-0.4, -0.2) is 118 Å².